The van der Waals surface area contributed by atoms with Gasteiger partial charge in [0.1, 0.15) is 0 Å². The number of carbonyl (C=O) groups excluding carboxylic acids is 1. The molecule has 0 atom stereocenters. The van der Waals surface area contributed by atoms with Crippen molar-refractivity contribution in [2.45, 2.75) is 6.43 Å². The van der Waals surface area contributed by atoms with E-state index in [2.05, 4.69) is 10.3 Å². The minimum Gasteiger partial charge on any atom is -0.376 e. The third-order valence-electron chi connectivity index (χ3n) is 1.74. The summed E-state index contributed by atoms with van der Waals surface area (Å²) >= 11 is 0. The van der Waals surface area contributed by atoms with Crippen LogP contribution in [0.2, 0.25) is 0 Å². The summed E-state index contributed by atoms with van der Waals surface area (Å²) in [6.45, 7) is 0. The molecule has 0 aromatic carbocycles. The zero-order valence-electron chi connectivity index (χ0n) is 8.37. The number of hydrogen-bond acceptors (Lipinski definition) is 3. The molecule has 0 bridgehead atoms. The molecule has 1 aromatic rings. The Labute approximate surface area is 85.9 Å². The minimum atomic E-state index is -3.03. The number of nitrogens with zero attached hydrogens (tertiary/aromatic N) is 2. The molecule has 0 aliphatic heterocycles. The van der Waals surface area contributed by atoms with Gasteiger partial charge in [-0.1, -0.05) is 0 Å². The number of aromatic nitrogens is 1. The second-order valence-electron chi connectivity index (χ2n) is 3.08. The maximum atomic E-state index is 12.0. The van der Waals surface area contributed by atoms with E-state index in [1.165, 1.54) is 12.4 Å². The van der Waals surface area contributed by atoms with Gasteiger partial charge in [0, 0.05) is 20.3 Å². The quantitative estimate of drug-likeness (QED) is 0.827. The van der Waals surface area contributed by atoms with Gasteiger partial charge in [0.05, 0.1) is 17.6 Å². The lowest BCUT2D eigenvalue weighted by Crippen LogP contribution is -2.22. The number of rotatable bonds is 3. The number of carbonyl (C=O) groups is 1. The van der Waals surface area contributed by atoms with Gasteiger partial charge in [-0.25, -0.2) is 0 Å². The molecular weight excluding hydrogens is 204 g/mol. The van der Waals surface area contributed by atoms with Crippen molar-refractivity contribution in [2.75, 3.05) is 24.3 Å². The van der Waals surface area contributed by atoms with E-state index < -0.39 is 12.3 Å². The number of pyridine rings is 1. The molecule has 1 rings (SSSR count). The van der Waals surface area contributed by atoms with Crippen LogP contribution in [0.15, 0.2) is 18.5 Å². The first-order valence-corrected chi connectivity index (χ1v) is 4.22. The number of anilines is 2. The molecule has 1 aromatic heterocycles. The molecule has 1 heterocycles. The standard InChI is InChI=1S/C9H11F2N3O/c1-14(2)7-3-4-12-5-6(7)13-9(15)8(10)11/h3-5,8H,1-2H3,(H,13,15). The Bertz CT molecular complexity index is 355. The molecule has 82 valence electrons. The van der Waals surface area contributed by atoms with Crippen molar-refractivity contribution >= 4 is 17.3 Å². The van der Waals surface area contributed by atoms with Gasteiger partial charge in [-0.2, -0.15) is 8.78 Å². The third-order valence-corrected chi connectivity index (χ3v) is 1.74. The number of alkyl halides is 2. The van der Waals surface area contributed by atoms with Crippen molar-refractivity contribution < 1.29 is 13.6 Å². The van der Waals surface area contributed by atoms with Crippen LogP contribution in [0, 0.1) is 0 Å². The summed E-state index contributed by atoms with van der Waals surface area (Å²) in [5, 5.41) is 2.10. The normalized spacial score (nSPS) is 10.2. The highest BCUT2D eigenvalue weighted by atomic mass is 19.3. The SMILES string of the molecule is CN(C)c1ccncc1NC(=O)C(F)F. The second-order valence-corrected chi connectivity index (χ2v) is 3.08. The molecule has 4 nitrogen and oxygen atoms in total. The highest BCUT2D eigenvalue weighted by Crippen LogP contribution is 2.22. The molecule has 0 saturated carbocycles. The van der Waals surface area contributed by atoms with Crippen LogP contribution in [0.4, 0.5) is 20.2 Å². The first-order valence-electron chi connectivity index (χ1n) is 4.22. The van der Waals surface area contributed by atoms with Gasteiger partial charge >= 0.3 is 6.43 Å². The van der Waals surface area contributed by atoms with Crippen molar-refractivity contribution in [2.24, 2.45) is 0 Å². The number of hydrogen-bond donors (Lipinski definition) is 1. The van der Waals surface area contributed by atoms with E-state index in [4.69, 9.17) is 0 Å². The Balaban J connectivity index is 2.89. The molecule has 0 radical (unpaired) electrons. The van der Waals surface area contributed by atoms with Crippen LogP contribution in [0.3, 0.4) is 0 Å². The van der Waals surface area contributed by atoms with Crippen LogP contribution >= 0.6 is 0 Å². The Morgan fingerprint density at radius 2 is 2.20 bits per heavy atom. The summed E-state index contributed by atoms with van der Waals surface area (Å²) in [5.41, 5.74) is 0.895. The van der Waals surface area contributed by atoms with E-state index in [1.54, 1.807) is 25.1 Å². The summed E-state index contributed by atoms with van der Waals surface area (Å²) in [4.78, 5) is 16.2. The second kappa shape index (κ2) is 4.68. The predicted molar refractivity (Wildman–Crippen MR) is 53.2 cm³/mol. The Morgan fingerprint density at radius 3 is 2.73 bits per heavy atom. The van der Waals surface area contributed by atoms with Crippen LogP contribution in [-0.4, -0.2) is 31.4 Å². The number of amides is 1. The van der Waals surface area contributed by atoms with Crippen LogP contribution in [-0.2, 0) is 4.79 Å². The molecule has 0 fully saturated rings. The Morgan fingerprint density at radius 1 is 1.53 bits per heavy atom. The molecule has 15 heavy (non-hydrogen) atoms. The maximum absolute atomic E-state index is 12.0. The van der Waals surface area contributed by atoms with E-state index in [0.717, 1.165) is 0 Å². The van der Waals surface area contributed by atoms with Gasteiger partial charge in [0.15, 0.2) is 0 Å². The molecule has 0 spiro atoms. The molecule has 0 unspecified atom stereocenters. The van der Waals surface area contributed by atoms with Crippen molar-refractivity contribution in [3.8, 4) is 0 Å². The Hall–Kier alpha value is -1.72. The first kappa shape index (κ1) is 11.4. The van der Waals surface area contributed by atoms with Gasteiger partial charge in [-0.05, 0) is 6.07 Å². The molecule has 1 N–H and O–H groups in total. The number of halogens is 2. The maximum Gasteiger partial charge on any atom is 0.315 e. The van der Waals surface area contributed by atoms with E-state index in [1.807, 2.05) is 0 Å². The fourth-order valence-electron chi connectivity index (χ4n) is 1.06. The van der Waals surface area contributed by atoms with Crippen LogP contribution < -0.4 is 10.2 Å². The summed E-state index contributed by atoms with van der Waals surface area (Å²) in [5.74, 6) is -1.33. The van der Waals surface area contributed by atoms with Gasteiger partial charge in [0.25, 0.3) is 5.91 Å². The summed E-state index contributed by atoms with van der Waals surface area (Å²) in [6, 6.07) is 1.63. The molecule has 1 amide bonds. The largest absolute Gasteiger partial charge is 0.376 e. The van der Waals surface area contributed by atoms with Crippen molar-refractivity contribution in [3.05, 3.63) is 18.5 Å². The minimum absolute atomic E-state index is 0.271. The topological polar surface area (TPSA) is 45.2 Å². The van der Waals surface area contributed by atoms with Crippen molar-refractivity contribution in [1.29, 1.82) is 0 Å². The van der Waals surface area contributed by atoms with Gasteiger partial charge in [-0.3, -0.25) is 9.78 Å². The summed E-state index contributed by atoms with van der Waals surface area (Å²) in [7, 11) is 3.49. The number of nitrogens with one attached hydrogen (secondary N) is 1. The van der Waals surface area contributed by atoms with Gasteiger partial charge < -0.3 is 10.2 Å². The van der Waals surface area contributed by atoms with E-state index in [0.29, 0.717) is 5.69 Å². The summed E-state index contributed by atoms with van der Waals surface area (Å²) < 4.78 is 24.0. The van der Waals surface area contributed by atoms with Crippen molar-refractivity contribution in [1.82, 2.24) is 4.98 Å². The lowest BCUT2D eigenvalue weighted by atomic mass is 10.3. The molecule has 0 aliphatic rings. The fraction of sp³-hybridized carbons (Fsp3) is 0.333. The average Bonchev–Trinajstić information content (AvgIpc) is 2.18. The summed E-state index contributed by atoms with van der Waals surface area (Å²) in [6.07, 6.45) is -0.177. The smallest absolute Gasteiger partial charge is 0.315 e. The Kier molecular flexibility index (Phi) is 3.54. The average molecular weight is 215 g/mol. The van der Waals surface area contributed by atoms with E-state index in [9.17, 15) is 13.6 Å². The predicted octanol–water partition coefficient (Wildman–Crippen LogP) is 1.35. The molecule has 0 aliphatic carbocycles. The van der Waals surface area contributed by atoms with E-state index in [-0.39, 0.29) is 5.69 Å². The highest BCUT2D eigenvalue weighted by Gasteiger charge is 2.16. The zero-order chi connectivity index (χ0) is 11.4. The first-order chi connectivity index (χ1) is 7.02. The molecule has 6 heteroatoms. The van der Waals surface area contributed by atoms with Gasteiger partial charge in [0.2, 0.25) is 0 Å². The van der Waals surface area contributed by atoms with E-state index >= 15 is 0 Å². The highest BCUT2D eigenvalue weighted by molar-refractivity contribution is 5.95. The van der Waals surface area contributed by atoms with Gasteiger partial charge in [-0.15, -0.1) is 0 Å². The van der Waals surface area contributed by atoms with Crippen LogP contribution in [0.5, 0.6) is 0 Å². The van der Waals surface area contributed by atoms with Crippen LogP contribution in [0.1, 0.15) is 0 Å². The lowest BCUT2D eigenvalue weighted by molar-refractivity contribution is -0.126. The molecular formula is C9H11F2N3O. The monoisotopic (exact) mass is 215 g/mol. The zero-order valence-corrected chi connectivity index (χ0v) is 8.37. The third kappa shape index (κ3) is 2.87. The van der Waals surface area contributed by atoms with Crippen LogP contribution in [0.25, 0.3) is 0 Å². The fourth-order valence-corrected chi connectivity index (χ4v) is 1.06. The molecule has 0 saturated heterocycles. The lowest BCUT2D eigenvalue weighted by Gasteiger charge is -2.16. The van der Waals surface area contributed by atoms with Crippen molar-refractivity contribution in [3.63, 3.8) is 0 Å².